The lowest BCUT2D eigenvalue weighted by molar-refractivity contribution is 0.681. The molecule has 2 aromatic heterocycles. The highest BCUT2D eigenvalue weighted by molar-refractivity contribution is 5.02. The average molecular weight is 191 g/mol. The van der Waals surface area contributed by atoms with Gasteiger partial charge in [0.2, 0.25) is 0 Å². The molecule has 0 aliphatic rings. The lowest BCUT2D eigenvalue weighted by Gasteiger charge is -2.06. The molecule has 14 heavy (non-hydrogen) atoms. The van der Waals surface area contributed by atoms with Crippen molar-refractivity contribution in [3.05, 3.63) is 36.4 Å². The van der Waals surface area contributed by atoms with Crippen LogP contribution >= 0.6 is 0 Å². The average Bonchev–Trinajstić information content (AvgIpc) is 2.77. The Labute approximate surface area is 82.2 Å². The standard InChI is InChI=1S/C9H13N5/c1-13-7-11-5-8(13)6-14-3-2-12-9(14)4-10/h2-3,5,7H,4,6,10H2,1H3. The minimum absolute atomic E-state index is 0.463. The zero-order valence-electron chi connectivity index (χ0n) is 8.09. The molecular formula is C9H13N5. The van der Waals surface area contributed by atoms with Crippen LogP contribution in [0.25, 0.3) is 0 Å². The summed E-state index contributed by atoms with van der Waals surface area (Å²) >= 11 is 0. The first kappa shape index (κ1) is 8.96. The molecular weight excluding hydrogens is 178 g/mol. The second kappa shape index (κ2) is 3.63. The van der Waals surface area contributed by atoms with Gasteiger partial charge in [0.15, 0.2) is 0 Å². The first-order valence-corrected chi connectivity index (χ1v) is 4.46. The Kier molecular flexibility index (Phi) is 2.32. The molecule has 74 valence electrons. The Morgan fingerprint density at radius 2 is 2.36 bits per heavy atom. The summed E-state index contributed by atoms with van der Waals surface area (Å²) in [4.78, 5) is 8.21. The van der Waals surface area contributed by atoms with Crippen LogP contribution in [-0.2, 0) is 20.1 Å². The van der Waals surface area contributed by atoms with Crippen LogP contribution in [0.2, 0.25) is 0 Å². The van der Waals surface area contributed by atoms with Gasteiger partial charge in [-0.05, 0) is 0 Å². The Hall–Kier alpha value is -1.62. The summed E-state index contributed by atoms with van der Waals surface area (Å²) in [6, 6.07) is 0. The Bertz CT molecular complexity index is 414. The van der Waals surface area contributed by atoms with Gasteiger partial charge in [-0.25, -0.2) is 9.97 Å². The van der Waals surface area contributed by atoms with E-state index in [9.17, 15) is 0 Å². The van der Waals surface area contributed by atoms with Crippen LogP contribution in [-0.4, -0.2) is 19.1 Å². The van der Waals surface area contributed by atoms with Gasteiger partial charge in [0.05, 0.1) is 25.1 Å². The van der Waals surface area contributed by atoms with E-state index >= 15 is 0 Å². The van der Waals surface area contributed by atoms with Crippen LogP contribution in [0.3, 0.4) is 0 Å². The van der Waals surface area contributed by atoms with Gasteiger partial charge in [0.25, 0.3) is 0 Å². The quantitative estimate of drug-likeness (QED) is 0.749. The normalized spacial score (nSPS) is 10.7. The number of hydrogen-bond acceptors (Lipinski definition) is 3. The van der Waals surface area contributed by atoms with E-state index in [1.807, 2.05) is 28.6 Å². The van der Waals surface area contributed by atoms with Crippen molar-refractivity contribution in [3.63, 3.8) is 0 Å². The number of aromatic nitrogens is 4. The Morgan fingerprint density at radius 3 is 3.00 bits per heavy atom. The molecule has 0 saturated carbocycles. The largest absolute Gasteiger partial charge is 0.336 e. The van der Waals surface area contributed by atoms with E-state index in [0.717, 1.165) is 18.1 Å². The minimum Gasteiger partial charge on any atom is -0.336 e. The fourth-order valence-electron chi connectivity index (χ4n) is 1.39. The van der Waals surface area contributed by atoms with Crippen molar-refractivity contribution in [2.75, 3.05) is 0 Å². The van der Waals surface area contributed by atoms with Crippen molar-refractivity contribution < 1.29 is 0 Å². The fraction of sp³-hybridized carbons (Fsp3) is 0.333. The van der Waals surface area contributed by atoms with Crippen LogP contribution in [0.15, 0.2) is 24.9 Å². The molecule has 0 spiro atoms. The van der Waals surface area contributed by atoms with Crippen molar-refractivity contribution in [2.45, 2.75) is 13.1 Å². The Morgan fingerprint density at radius 1 is 1.50 bits per heavy atom. The predicted octanol–water partition coefficient (Wildman–Crippen LogP) is 0.124. The van der Waals surface area contributed by atoms with Crippen molar-refractivity contribution >= 4 is 0 Å². The third-order valence-corrected chi connectivity index (χ3v) is 2.23. The van der Waals surface area contributed by atoms with Gasteiger partial charge in [0, 0.05) is 25.6 Å². The van der Waals surface area contributed by atoms with Gasteiger partial charge in [-0.15, -0.1) is 0 Å². The number of nitrogens with zero attached hydrogens (tertiary/aromatic N) is 4. The highest BCUT2D eigenvalue weighted by atomic mass is 15.1. The molecule has 5 nitrogen and oxygen atoms in total. The summed E-state index contributed by atoms with van der Waals surface area (Å²) in [5.74, 6) is 0.895. The van der Waals surface area contributed by atoms with Crippen LogP contribution in [0, 0.1) is 0 Å². The number of hydrogen-bond donors (Lipinski definition) is 1. The zero-order valence-corrected chi connectivity index (χ0v) is 8.09. The lowest BCUT2D eigenvalue weighted by atomic mass is 10.4. The lowest BCUT2D eigenvalue weighted by Crippen LogP contribution is -2.10. The van der Waals surface area contributed by atoms with E-state index in [1.165, 1.54) is 0 Å². The van der Waals surface area contributed by atoms with Gasteiger partial charge in [-0.1, -0.05) is 0 Å². The molecule has 0 aliphatic carbocycles. The second-order valence-corrected chi connectivity index (χ2v) is 3.17. The molecule has 0 fully saturated rings. The van der Waals surface area contributed by atoms with Crippen LogP contribution in [0.1, 0.15) is 11.5 Å². The first-order valence-electron chi connectivity index (χ1n) is 4.46. The molecule has 2 aromatic rings. The summed E-state index contributed by atoms with van der Waals surface area (Å²) < 4.78 is 4.01. The van der Waals surface area contributed by atoms with Gasteiger partial charge < -0.3 is 14.9 Å². The van der Waals surface area contributed by atoms with Crippen molar-refractivity contribution in [2.24, 2.45) is 12.8 Å². The number of aryl methyl sites for hydroxylation is 1. The van der Waals surface area contributed by atoms with Crippen molar-refractivity contribution in [1.82, 2.24) is 19.1 Å². The van der Waals surface area contributed by atoms with E-state index < -0.39 is 0 Å². The monoisotopic (exact) mass is 191 g/mol. The third-order valence-electron chi connectivity index (χ3n) is 2.23. The minimum atomic E-state index is 0.463. The molecule has 2 heterocycles. The first-order chi connectivity index (χ1) is 6.81. The molecule has 0 amide bonds. The second-order valence-electron chi connectivity index (χ2n) is 3.17. The molecule has 0 radical (unpaired) electrons. The number of rotatable bonds is 3. The summed E-state index contributed by atoms with van der Waals surface area (Å²) in [7, 11) is 1.97. The predicted molar refractivity (Wildman–Crippen MR) is 52.4 cm³/mol. The van der Waals surface area contributed by atoms with Gasteiger partial charge in [0.1, 0.15) is 5.82 Å². The van der Waals surface area contributed by atoms with E-state index in [4.69, 9.17) is 5.73 Å². The topological polar surface area (TPSA) is 61.7 Å². The molecule has 0 unspecified atom stereocenters. The molecule has 0 saturated heterocycles. The van der Waals surface area contributed by atoms with Gasteiger partial charge >= 0.3 is 0 Å². The smallest absolute Gasteiger partial charge is 0.122 e. The van der Waals surface area contributed by atoms with E-state index in [2.05, 4.69) is 9.97 Å². The van der Waals surface area contributed by atoms with Crippen LogP contribution < -0.4 is 5.73 Å². The summed E-state index contributed by atoms with van der Waals surface area (Å²) in [6.07, 6.45) is 7.32. The molecule has 5 heteroatoms. The van der Waals surface area contributed by atoms with Crippen LogP contribution in [0.5, 0.6) is 0 Å². The summed E-state index contributed by atoms with van der Waals surface area (Å²) in [5.41, 5.74) is 6.69. The number of nitrogens with two attached hydrogens (primary N) is 1. The highest BCUT2D eigenvalue weighted by Gasteiger charge is 2.03. The van der Waals surface area contributed by atoms with E-state index in [1.54, 1.807) is 12.5 Å². The maximum atomic E-state index is 5.56. The van der Waals surface area contributed by atoms with E-state index in [-0.39, 0.29) is 0 Å². The fourth-order valence-corrected chi connectivity index (χ4v) is 1.39. The Balaban J connectivity index is 2.22. The highest BCUT2D eigenvalue weighted by Crippen LogP contribution is 2.03. The van der Waals surface area contributed by atoms with Crippen molar-refractivity contribution in [3.8, 4) is 0 Å². The zero-order chi connectivity index (χ0) is 9.97. The molecule has 0 atom stereocenters. The van der Waals surface area contributed by atoms with Gasteiger partial charge in [-0.3, -0.25) is 0 Å². The summed E-state index contributed by atoms with van der Waals surface area (Å²) in [6.45, 7) is 1.23. The molecule has 2 rings (SSSR count). The molecule has 0 aliphatic heterocycles. The number of imidazole rings is 2. The maximum Gasteiger partial charge on any atom is 0.122 e. The van der Waals surface area contributed by atoms with Crippen LogP contribution in [0.4, 0.5) is 0 Å². The maximum absolute atomic E-state index is 5.56. The third kappa shape index (κ3) is 1.54. The molecule has 0 aromatic carbocycles. The SMILES string of the molecule is Cn1cncc1Cn1ccnc1CN. The van der Waals surface area contributed by atoms with E-state index in [0.29, 0.717) is 6.54 Å². The van der Waals surface area contributed by atoms with Gasteiger partial charge in [-0.2, -0.15) is 0 Å². The summed E-state index contributed by atoms with van der Waals surface area (Å²) in [5, 5.41) is 0. The molecule has 2 N–H and O–H groups in total. The molecule has 0 bridgehead atoms. The van der Waals surface area contributed by atoms with Crippen molar-refractivity contribution in [1.29, 1.82) is 0 Å².